The van der Waals surface area contributed by atoms with Crippen molar-refractivity contribution >= 4 is 46.4 Å². The first-order valence-corrected chi connectivity index (χ1v) is 7.46. The number of benzene rings is 1. The van der Waals surface area contributed by atoms with Crippen LogP contribution in [0.1, 0.15) is 6.92 Å². The van der Waals surface area contributed by atoms with E-state index in [2.05, 4.69) is 25.3 Å². The molecule has 0 unspecified atom stereocenters. The molecule has 116 valence electrons. The third kappa shape index (κ3) is 3.29. The molecule has 3 aromatic rings. The van der Waals surface area contributed by atoms with Crippen LogP contribution in [0.25, 0.3) is 11.2 Å². The topological polar surface area (TPSA) is 133 Å². The Morgan fingerprint density at radius 1 is 1.09 bits per heavy atom. The summed E-state index contributed by atoms with van der Waals surface area (Å²) in [5.41, 5.74) is 12.1. The first-order chi connectivity index (χ1) is 11.0. The predicted molar refractivity (Wildman–Crippen MR) is 88.8 cm³/mol. The Hall–Kier alpha value is -2.94. The fourth-order valence-corrected chi connectivity index (χ4v) is 2.69. The molecule has 2 aromatic heterocycles. The third-order valence-electron chi connectivity index (χ3n) is 2.79. The molecule has 0 radical (unpaired) electrons. The largest absolute Gasteiger partial charge is 0.381 e. The van der Waals surface area contributed by atoms with Crippen LogP contribution in [0.15, 0.2) is 40.3 Å². The molecule has 2 heterocycles. The molecule has 0 fully saturated rings. The van der Waals surface area contributed by atoms with Crippen LogP contribution in [0.3, 0.4) is 0 Å². The molecule has 0 bridgehead atoms. The van der Waals surface area contributed by atoms with Gasteiger partial charge in [-0.05, 0) is 12.1 Å². The fraction of sp³-hybridized carbons (Fsp3) is 0.0714. The van der Waals surface area contributed by atoms with E-state index in [1.807, 2.05) is 30.3 Å². The molecule has 0 aliphatic heterocycles. The average molecular weight is 327 g/mol. The summed E-state index contributed by atoms with van der Waals surface area (Å²) in [6.45, 7) is 1.37. The predicted octanol–water partition coefficient (Wildman–Crippen LogP) is 1.69. The second-order valence-corrected chi connectivity index (χ2v) is 5.68. The highest BCUT2D eigenvalue weighted by molar-refractivity contribution is 7.99. The zero-order valence-corrected chi connectivity index (χ0v) is 13.0. The van der Waals surface area contributed by atoms with Crippen molar-refractivity contribution in [2.45, 2.75) is 16.8 Å². The minimum absolute atomic E-state index is 0.0154. The van der Waals surface area contributed by atoms with Gasteiger partial charge in [-0.2, -0.15) is 9.97 Å². The molecule has 0 saturated carbocycles. The zero-order chi connectivity index (χ0) is 16.4. The molecule has 1 aromatic carbocycles. The maximum absolute atomic E-state index is 11.3. The molecule has 3 rings (SSSR count). The first-order valence-electron chi connectivity index (χ1n) is 6.64. The maximum Gasteiger partial charge on any atom is 0.224 e. The van der Waals surface area contributed by atoms with E-state index in [9.17, 15) is 4.79 Å². The van der Waals surface area contributed by atoms with E-state index in [4.69, 9.17) is 11.5 Å². The van der Waals surface area contributed by atoms with Gasteiger partial charge in [-0.1, -0.05) is 30.0 Å². The van der Waals surface area contributed by atoms with Gasteiger partial charge in [0.25, 0.3) is 0 Å². The fourth-order valence-electron chi connectivity index (χ4n) is 1.89. The summed E-state index contributed by atoms with van der Waals surface area (Å²) < 4.78 is 0. The summed E-state index contributed by atoms with van der Waals surface area (Å²) in [5.74, 6) is 0.138. The Morgan fingerprint density at radius 3 is 2.52 bits per heavy atom. The van der Waals surface area contributed by atoms with Crippen molar-refractivity contribution in [3.05, 3.63) is 30.3 Å². The standard InChI is InChI=1S/C14H13N7OS/c1-7(22)17-11-9-12(21-14(16)20-11)19-10(15)13(18-9)23-8-5-3-2-4-6-8/h2-6H,1H3,(H5,15,16,17,19,20,21,22). The lowest BCUT2D eigenvalue weighted by molar-refractivity contribution is -0.114. The van der Waals surface area contributed by atoms with E-state index >= 15 is 0 Å². The van der Waals surface area contributed by atoms with Gasteiger partial charge in [0.2, 0.25) is 11.9 Å². The number of rotatable bonds is 3. The molecule has 0 spiro atoms. The van der Waals surface area contributed by atoms with E-state index in [0.29, 0.717) is 10.5 Å². The van der Waals surface area contributed by atoms with Crippen LogP contribution < -0.4 is 16.8 Å². The molecule has 0 saturated heterocycles. The molecule has 9 heteroatoms. The van der Waals surface area contributed by atoms with Gasteiger partial charge in [0, 0.05) is 11.8 Å². The Balaban J connectivity index is 2.11. The monoisotopic (exact) mass is 327 g/mol. The number of anilines is 3. The first kappa shape index (κ1) is 15.0. The quantitative estimate of drug-likeness (QED) is 0.662. The number of carbonyl (C=O) groups is 1. The molecule has 5 N–H and O–H groups in total. The van der Waals surface area contributed by atoms with E-state index in [1.165, 1.54) is 18.7 Å². The number of carbonyl (C=O) groups excluding carboxylic acids is 1. The molecule has 23 heavy (non-hydrogen) atoms. The Morgan fingerprint density at radius 2 is 1.83 bits per heavy atom. The van der Waals surface area contributed by atoms with Crippen LogP contribution in [0.5, 0.6) is 0 Å². The highest BCUT2D eigenvalue weighted by Gasteiger charge is 2.15. The Bertz CT molecular complexity index is 885. The van der Waals surface area contributed by atoms with Gasteiger partial charge >= 0.3 is 0 Å². The Labute approximate surface area is 135 Å². The van der Waals surface area contributed by atoms with E-state index in [-0.39, 0.29) is 29.1 Å². The van der Waals surface area contributed by atoms with Gasteiger partial charge in [-0.15, -0.1) is 0 Å². The van der Waals surface area contributed by atoms with Crippen LogP contribution in [0.4, 0.5) is 17.6 Å². The molecule has 1 amide bonds. The summed E-state index contributed by atoms with van der Waals surface area (Å²) in [5, 5.41) is 3.08. The number of amides is 1. The SMILES string of the molecule is CC(=O)Nc1nc(N)nc2nc(N)c(Sc3ccccc3)nc12. The number of nitrogen functional groups attached to an aromatic ring is 2. The molecule has 8 nitrogen and oxygen atoms in total. The van der Waals surface area contributed by atoms with Crippen LogP contribution >= 0.6 is 11.8 Å². The lowest BCUT2D eigenvalue weighted by atomic mass is 10.4. The van der Waals surface area contributed by atoms with Crippen molar-refractivity contribution in [1.29, 1.82) is 0 Å². The third-order valence-corrected chi connectivity index (χ3v) is 3.80. The smallest absolute Gasteiger partial charge is 0.224 e. The number of nitrogens with one attached hydrogen (secondary N) is 1. The lowest BCUT2D eigenvalue weighted by Gasteiger charge is -2.09. The van der Waals surface area contributed by atoms with Crippen molar-refractivity contribution in [3.8, 4) is 0 Å². The van der Waals surface area contributed by atoms with Crippen LogP contribution in [-0.2, 0) is 4.79 Å². The number of aromatic nitrogens is 4. The van der Waals surface area contributed by atoms with Gasteiger partial charge in [0.1, 0.15) is 5.03 Å². The van der Waals surface area contributed by atoms with Crippen molar-refractivity contribution in [3.63, 3.8) is 0 Å². The minimum Gasteiger partial charge on any atom is -0.381 e. The number of nitrogens with two attached hydrogens (primary N) is 2. The van der Waals surface area contributed by atoms with Gasteiger partial charge in [0.05, 0.1) is 0 Å². The summed E-state index contributed by atoms with van der Waals surface area (Å²) in [6, 6.07) is 9.62. The highest BCUT2D eigenvalue weighted by atomic mass is 32.2. The number of hydrogen-bond donors (Lipinski definition) is 3. The lowest BCUT2D eigenvalue weighted by Crippen LogP contribution is -2.12. The Kier molecular flexibility index (Phi) is 3.94. The second-order valence-electron chi connectivity index (χ2n) is 4.61. The average Bonchev–Trinajstić information content (AvgIpc) is 2.49. The molecular formula is C14H13N7OS. The molecule has 0 atom stereocenters. The van der Waals surface area contributed by atoms with Gasteiger partial charge in [-0.3, -0.25) is 4.79 Å². The highest BCUT2D eigenvalue weighted by Crippen LogP contribution is 2.31. The molecule has 0 aliphatic rings. The van der Waals surface area contributed by atoms with Gasteiger partial charge in [-0.25, -0.2) is 9.97 Å². The molecule has 0 aliphatic carbocycles. The van der Waals surface area contributed by atoms with Crippen molar-refractivity contribution in [2.24, 2.45) is 0 Å². The zero-order valence-electron chi connectivity index (χ0n) is 12.1. The summed E-state index contributed by atoms with van der Waals surface area (Å²) in [4.78, 5) is 28.9. The van der Waals surface area contributed by atoms with E-state index in [0.717, 1.165) is 4.90 Å². The minimum atomic E-state index is -0.291. The number of fused-ring (bicyclic) bond motifs is 1. The van der Waals surface area contributed by atoms with Crippen molar-refractivity contribution in [2.75, 3.05) is 16.8 Å². The maximum atomic E-state index is 11.3. The van der Waals surface area contributed by atoms with Crippen LogP contribution in [0.2, 0.25) is 0 Å². The van der Waals surface area contributed by atoms with Crippen molar-refractivity contribution < 1.29 is 4.79 Å². The normalized spacial score (nSPS) is 10.7. The van der Waals surface area contributed by atoms with Crippen molar-refractivity contribution in [1.82, 2.24) is 19.9 Å². The summed E-state index contributed by atoms with van der Waals surface area (Å²) >= 11 is 1.36. The van der Waals surface area contributed by atoms with Crippen LogP contribution in [0, 0.1) is 0 Å². The summed E-state index contributed by atoms with van der Waals surface area (Å²) in [6.07, 6.45) is 0. The van der Waals surface area contributed by atoms with Gasteiger partial charge < -0.3 is 16.8 Å². The van der Waals surface area contributed by atoms with E-state index < -0.39 is 0 Å². The second kappa shape index (κ2) is 6.05. The summed E-state index contributed by atoms with van der Waals surface area (Å²) in [7, 11) is 0. The number of hydrogen-bond acceptors (Lipinski definition) is 8. The molecular weight excluding hydrogens is 314 g/mol. The number of nitrogens with zero attached hydrogens (tertiary/aromatic N) is 4. The van der Waals surface area contributed by atoms with Gasteiger partial charge in [0.15, 0.2) is 22.8 Å². The van der Waals surface area contributed by atoms with Crippen LogP contribution in [-0.4, -0.2) is 25.8 Å². The van der Waals surface area contributed by atoms with E-state index in [1.54, 1.807) is 0 Å².